The summed E-state index contributed by atoms with van der Waals surface area (Å²) >= 11 is 0. The van der Waals surface area contributed by atoms with E-state index in [0.29, 0.717) is 0 Å². The van der Waals surface area contributed by atoms with Gasteiger partial charge in [-0.2, -0.15) is 26.3 Å². The molecule has 0 saturated carbocycles. The summed E-state index contributed by atoms with van der Waals surface area (Å²) < 4.78 is 123. The van der Waals surface area contributed by atoms with E-state index >= 15 is 0 Å². The van der Waals surface area contributed by atoms with Gasteiger partial charge in [0.15, 0.2) is 20.2 Å². The maximum atomic E-state index is 10.7. The summed E-state index contributed by atoms with van der Waals surface area (Å²) in [6.45, 7) is 2.00. The van der Waals surface area contributed by atoms with E-state index in [1.807, 2.05) is 0 Å². The Balaban J connectivity index is -0.000000246. The second-order valence-electron chi connectivity index (χ2n) is 3.12. The van der Waals surface area contributed by atoms with Crippen molar-refractivity contribution in [1.82, 2.24) is 0 Å². The van der Waals surface area contributed by atoms with Gasteiger partial charge in [0.2, 0.25) is 0 Å². The first-order valence-corrected chi connectivity index (χ1v) is 7.44. The molecule has 0 radical (unpaired) electrons. The zero-order valence-corrected chi connectivity index (χ0v) is 15.1. The Hall–Kier alpha value is -0.0166. The summed E-state index contributed by atoms with van der Waals surface area (Å²) in [5, 5.41) is 0. The Labute approximate surface area is 134 Å². The Morgan fingerprint density at radius 3 is 0.955 bits per heavy atom. The molecule has 1 rings (SSSR count). The smallest absolute Gasteiger partial charge is 0.741 e. The molecule has 0 aromatic carbocycles. The molecule has 0 amide bonds. The molecule has 0 aliphatic carbocycles. The molecule has 0 bridgehead atoms. The maximum Gasteiger partial charge on any atom is 2.00 e. The van der Waals surface area contributed by atoms with Crippen molar-refractivity contribution in [2.45, 2.75) is 23.9 Å². The molecule has 16 heteroatoms. The number of halogens is 6. The zero-order valence-electron chi connectivity index (χ0n) is 10.5. The average Bonchev–Trinajstić information content (AvgIpc) is 2.68. The van der Waals surface area contributed by atoms with Crippen LogP contribution in [0.1, 0.15) is 12.8 Å². The van der Waals surface area contributed by atoms with Crippen molar-refractivity contribution in [3.8, 4) is 0 Å². The zero-order chi connectivity index (χ0) is 17.5. The summed E-state index contributed by atoms with van der Waals surface area (Å²) in [6.07, 6.45) is 2.56. The molecule has 0 unspecified atom stereocenters. The Bertz CT molecular complexity index is 443. The molecule has 1 aliphatic rings. The quantitative estimate of drug-likeness (QED) is 0.240. The Morgan fingerprint density at radius 1 is 0.727 bits per heavy atom. The molecule has 0 aromatic heterocycles. The van der Waals surface area contributed by atoms with Crippen molar-refractivity contribution < 1.29 is 76.5 Å². The van der Waals surface area contributed by atoms with Gasteiger partial charge in [-0.25, -0.2) is 16.8 Å². The molecule has 0 spiro atoms. The second kappa shape index (κ2) is 9.98. The van der Waals surface area contributed by atoms with Crippen LogP contribution in [0.4, 0.5) is 26.3 Å². The number of alkyl halides is 6. The van der Waals surface area contributed by atoms with Crippen molar-refractivity contribution in [1.29, 1.82) is 0 Å². The van der Waals surface area contributed by atoms with Crippen LogP contribution in [-0.2, 0) is 44.5 Å². The van der Waals surface area contributed by atoms with E-state index in [4.69, 9.17) is 30.7 Å². The third-order valence-electron chi connectivity index (χ3n) is 1.39. The molecule has 1 aliphatic heterocycles. The van der Waals surface area contributed by atoms with E-state index in [2.05, 4.69) is 0 Å². The molecule has 130 valence electrons. The van der Waals surface area contributed by atoms with E-state index in [1.165, 1.54) is 12.8 Å². The molecule has 1 heterocycles. The molecule has 7 nitrogen and oxygen atoms in total. The summed E-state index contributed by atoms with van der Waals surface area (Å²) in [5.74, 6) is 0. The molecule has 1 fully saturated rings. The molecular weight excluding hydrogens is 428 g/mol. The normalized spacial score (nSPS) is 15.6. The molecule has 0 N–H and O–H groups in total. The fourth-order valence-electron chi connectivity index (χ4n) is 0.510. The van der Waals surface area contributed by atoms with Crippen molar-refractivity contribution in [3.63, 3.8) is 0 Å². The van der Waals surface area contributed by atoms with Gasteiger partial charge in [-0.05, 0) is 12.8 Å². The molecule has 0 aromatic rings. The first-order chi connectivity index (χ1) is 9.00. The Morgan fingerprint density at radius 2 is 0.909 bits per heavy atom. The summed E-state index contributed by atoms with van der Waals surface area (Å²) in [7, 11) is -12.2. The van der Waals surface area contributed by atoms with Gasteiger partial charge in [-0.3, -0.25) is 0 Å². The van der Waals surface area contributed by atoms with Crippen LogP contribution in [0.2, 0.25) is 0 Å². The van der Waals surface area contributed by atoms with Crippen LogP contribution < -0.4 is 0 Å². The minimum atomic E-state index is -6.09. The van der Waals surface area contributed by atoms with Crippen LogP contribution in [0, 0.1) is 0 Å². The van der Waals surface area contributed by atoms with Gasteiger partial charge in [0.1, 0.15) is 0 Å². The Kier molecular flexibility index (Phi) is 12.2. The van der Waals surface area contributed by atoms with Crippen LogP contribution in [0.15, 0.2) is 0 Å². The minimum Gasteiger partial charge on any atom is -0.741 e. The third kappa shape index (κ3) is 13.6. The van der Waals surface area contributed by atoms with Crippen LogP contribution in [0.5, 0.6) is 0 Å². The maximum absolute atomic E-state index is 10.7. The van der Waals surface area contributed by atoms with Crippen molar-refractivity contribution in [3.05, 3.63) is 0 Å². The van der Waals surface area contributed by atoms with E-state index in [9.17, 15) is 26.3 Å². The van der Waals surface area contributed by atoms with E-state index in [0.717, 1.165) is 13.2 Å². The summed E-state index contributed by atoms with van der Waals surface area (Å²) in [5.41, 5.74) is -11.3. The predicted octanol–water partition coefficient (Wildman–Crippen LogP) is 0.897. The fraction of sp³-hybridized carbons (Fsp3) is 1.00. The topological polar surface area (TPSA) is 124 Å². The number of ether oxygens (including phenoxy) is 1. The summed E-state index contributed by atoms with van der Waals surface area (Å²) in [4.78, 5) is 0. The number of hydrogen-bond acceptors (Lipinski definition) is 7. The van der Waals surface area contributed by atoms with Gasteiger partial charge in [-0.1, -0.05) is 0 Å². The van der Waals surface area contributed by atoms with Crippen molar-refractivity contribution >= 4 is 20.2 Å². The largest absolute Gasteiger partial charge is 2.00 e. The van der Waals surface area contributed by atoms with Crippen LogP contribution in [0.25, 0.3) is 0 Å². The SMILES string of the molecule is C1CCOC1.O=S(=O)([O-])C(F)(F)F.O=S(=O)([O-])C(F)(F)F.[Zn+2]. The first-order valence-electron chi connectivity index (χ1n) is 4.62. The average molecular weight is 436 g/mol. The van der Waals surface area contributed by atoms with Gasteiger partial charge in [0.25, 0.3) is 0 Å². The second-order valence-corrected chi connectivity index (χ2v) is 5.86. The van der Waals surface area contributed by atoms with Gasteiger partial charge >= 0.3 is 30.5 Å². The summed E-state index contributed by atoms with van der Waals surface area (Å²) in [6, 6.07) is 0. The monoisotopic (exact) mass is 434 g/mol. The van der Waals surface area contributed by atoms with E-state index in [-0.39, 0.29) is 19.5 Å². The number of hydrogen-bond donors (Lipinski definition) is 0. The van der Waals surface area contributed by atoms with E-state index in [1.54, 1.807) is 0 Å². The molecular formula is C6H8F6O7S2Zn. The van der Waals surface area contributed by atoms with Crippen molar-refractivity contribution in [2.24, 2.45) is 0 Å². The molecule has 22 heavy (non-hydrogen) atoms. The molecule has 1 saturated heterocycles. The van der Waals surface area contributed by atoms with E-state index < -0.39 is 31.3 Å². The minimum absolute atomic E-state index is 0. The standard InChI is InChI=1S/C4H8O.2CHF3O3S.Zn/c1-2-4-5-3-1;2*2-1(3,4)8(5,6)7;/h1-4H2;2*(H,5,6,7);/q;;;+2/p-2. The van der Waals surface area contributed by atoms with Gasteiger partial charge in [0.05, 0.1) is 0 Å². The van der Waals surface area contributed by atoms with Crippen LogP contribution in [0.3, 0.4) is 0 Å². The van der Waals surface area contributed by atoms with Crippen molar-refractivity contribution in [2.75, 3.05) is 13.2 Å². The molecule has 0 atom stereocenters. The van der Waals surface area contributed by atoms with Crippen LogP contribution in [-0.4, -0.2) is 50.2 Å². The third-order valence-corrected chi connectivity index (χ3v) is 2.53. The van der Waals surface area contributed by atoms with Gasteiger partial charge < -0.3 is 13.8 Å². The number of rotatable bonds is 0. The van der Waals surface area contributed by atoms with Gasteiger partial charge in [0, 0.05) is 13.2 Å². The van der Waals surface area contributed by atoms with Gasteiger partial charge in [-0.15, -0.1) is 0 Å². The fourth-order valence-corrected chi connectivity index (χ4v) is 0.510. The van der Waals surface area contributed by atoms with Crippen LogP contribution >= 0.6 is 0 Å². The predicted molar refractivity (Wildman–Crippen MR) is 51.6 cm³/mol. The first kappa shape index (κ1) is 26.9.